The predicted octanol–water partition coefficient (Wildman–Crippen LogP) is 2.88. The van der Waals surface area contributed by atoms with Gasteiger partial charge in [-0.1, -0.05) is 24.6 Å². The summed E-state index contributed by atoms with van der Waals surface area (Å²) in [4.78, 5) is 0.225. The van der Waals surface area contributed by atoms with Crippen molar-refractivity contribution in [3.8, 4) is 0 Å². The van der Waals surface area contributed by atoms with Crippen LogP contribution in [0.25, 0.3) is 0 Å². The minimum atomic E-state index is -3.60. The molecule has 2 rings (SSSR count). The zero-order valence-electron chi connectivity index (χ0n) is 11.1. The van der Waals surface area contributed by atoms with Crippen molar-refractivity contribution in [2.24, 2.45) is 5.92 Å². The quantitative estimate of drug-likeness (QED) is 0.855. The average molecular weight is 283 g/mol. The number of nitrogens with zero attached hydrogens (tertiary/aromatic N) is 1. The van der Waals surface area contributed by atoms with Crippen molar-refractivity contribution in [2.75, 3.05) is 13.1 Å². The molecule has 0 saturated carbocycles. The Labute approximate surface area is 113 Å². The first-order valence-corrected chi connectivity index (χ1v) is 7.80. The highest BCUT2D eigenvalue weighted by molar-refractivity contribution is 7.89. The first kappa shape index (κ1) is 14.2. The molecule has 1 aromatic rings. The third kappa shape index (κ3) is 3.04. The second kappa shape index (κ2) is 5.43. The third-order valence-corrected chi connectivity index (χ3v) is 5.19. The fourth-order valence-electron chi connectivity index (χ4n) is 2.15. The van der Waals surface area contributed by atoms with Gasteiger partial charge < -0.3 is 0 Å². The van der Waals surface area contributed by atoms with Gasteiger partial charge >= 0.3 is 0 Å². The first-order chi connectivity index (χ1) is 8.93. The number of hydrogen-bond donors (Lipinski definition) is 0. The van der Waals surface area contributed by atoms with Crippen LogP contribution in [-0.4, -0.2) is 25.8 Å². The molecule has 0 bridgehead atoms. The summed E-state index contributed by atoms with van der Waals surface area (Å²) in [5.41, 5.74) is 0.995. The zero-order valence-corrected chi connectivity index (χ0v) is 12.0. The van der Waals surface area contributed by atoms with Crippen LogP contribution in [0, 0.1) is 12.8 Å². The van der Waals surface area contributed by atoms with Crippen LogP contribution in [0.2, 0.25) is 0 Å². The Morgan fingerprint density at radius 1 is 1.32 bits per heavy atom. The van der Waals surface area contributed by atoms with Gasteiger partial charge in [-0.2, -0.15) is 4.31 Å². The summed E-state index contributed by atoms with van der Waals surface area (Å²) >= 11 is 0. The van der Waals surface area contributed by atoms with Crippen molar-refractivity contribution in [3.63, 3.8) is 0 Å². The molecular formula is C14H18FNO2S. The van der Waals surface area contributed by atoms with Gasteiger partial charge in [0.1, 0.15) is 5.83 Å². The van der Waals surface area contributed by atoms with Crippen molar-refractivity contribution in [2.45, 2.75) is 25.2 Å². The van der Waals surface area contributed by atoms with Crippen molar-refractivity contribution < 1.29 is 12.8 Å². The van der Waals surface area contributed by atoms with Crippen molar-refractivity contribution >= 4 is 10.0 Å². The molecule has 0 aromatic heterocycles. The van der Waals surface area contributed by atoms with E-state index in [-0.39, 0.29) is 23.2 Å². The number of halogens is 1. The highest BCUT2D eigenvalue weighted by Gasteiger charge is 2.30. The lowest BCUT2D eigenvalue weighted by atomic mass is 10.0. The van der Waals surface area contributed by atoms with Gasteiger partial charge in [0.05, 0.1) is 11.4 Å². The molecule has 1 aliphatic rings. The maximum Gasteiger partial charge on any atom is 0.243 e. The standard InChI is InChI=1S/C14H18FNO2S/c1-3-12-8-13(15)10-16(9-12)19(17,18)14-6-4-11(2)5-7-14/h4-8,12H,3,9-10H2,1-2H3. The van der Waals surface area contributed by atoms with E-state index in [4.69, 9.17) is 0 Å². The van der Waals surface area contributed by atoms with E-state index in [1.807, 2.05) is 13.8 Å². The minimum Gasteiger partial charge on any atom is -0.211 e. The largest absolute Gasteiger partial charge is 0.243 e. The van der Waals surface area contributed by atoms with Gasteiger partial charge in [0.25, 0.3) is 0 Å². The number of aryl methyl sites for hydroxylation is 1. The normalized spacial score (nSPS) is 21.2. The van der Waals surface area contributed by atoms with Gasteiger partial charge in [0.15, 0.2) is 0 Å². The molecule has 1 unspecified atom stereocenters. The molecule has 0 aliphatic carbocycles. The second-order valence-electron chi connectivity index (χ2n) is 4.89. The van der Waals surface area contributed by atoms with E-state index in [9.17, 15) is 12.8 Å². The lowest BCUT2D eigenvalue weighted by Crippen LogP contribution is -2.38. The van der Waals surface area contributed by atoms with Gasteiger partial charge in [-0.25, -0.2) is 12.8 Å². The topological polar surface area (TPSA) is 37.4 Å². The molecule has 0 spiro atoms. The molecular weight excluding hydrogens is 265 g/mol. The van der Waals surface area contributed by atoms with E-state index in [1.165, 1.54) is 10.4 Å². The lowest BCUT2D eigenvalue weighted by Gasteiger charge is -2.28. The fourth-order valence-corrected chi connectivity index (χ4v) is 3.60. The van der Waals surface area contributed by atoms with Gasteiger partial charge in [0, 0.05) is 6.54 Å². The zero-order chi connectivity index (χ0) is 14.0. The van der Waals surface area contributed by atoms with Crippen LogP contribution >= 0.6 is 0 Å². The van der Waals surface area contributed by atoms with E-state index in [0.717, 1.165) is 12.0 Å². The average Bonchev–Trinajstić information content (AvgIpc) is 2.38. The van der Waals surface area contributed by atoms with Crippen LogP contribution in [0.15, 0.2) is 41.1 Å². The number of sulfonamides is 1. The smallest absolute Gasteiger partial charge is 0.211 e. The molecule has 1 aromatic carbocycles. The van der Waals surface area contributed by atoms with E-state index in [0.29, 0.717) is 6.54 Å². The molecule has 0 saturated heterocycles. The van der Waals surface area contributed by atoms with Crippen LogP contribution in [0.3, 0.4) is 0 Å². The molecule has 0 radical (unpaired) electrons. The van der Waals surface area contributed by atoms with Crippen molar-refractivity contribution in [1.29, 1.82) is 0 Å². The van der Waals surface area contributed by atoms with E-state index in [1.54, 1.807) is 24.3 Å². The van der Waals surface area contributed by atoms with E-state index >= 15 is 0 Å². The summed E-state index contributed by atoms with van der Waals surface area (Å²) in [6, 6.07) is 6.64. The Bertz CT molecular complexity index is 578. The molecule has 19 heavy (non-hydrogen) atoms. The molecule has 5 heteroatoms. The lowest BCUT2D eigenvalue weighted by molar-refractivity contribution is 0.335. The van der Waals surface area contributed by atoms with Gasteiger partial charge in [-0.05, 0) is 37.5 Å². The molecule has 1 heterocycles. The van der Waals surface area contributed by atoms with Crippen LogP contribution in [0.1, 0.15) is 18.9 Å². The SMILES string of the molecule is CCC1C=C(F)CN(S(=O)(=O)c2ccc(C)cc2)C1. The highest BCUT2D eigenvalue weighted by atomic mass is 32.2. The summed E-state index contributed by atoms with van der Waals surface area (Å²) in [5, 5.41) is 0. The van der Waals surface area contributed by atoms with Gasteiger partial charge in [-0.15, -0.1) is 0 Å². The third-order valence-electron chi connectivity index (χ3n) is 3.37. The maximum absolute atomic E-state index is 13.5. The Hall–Kier alpha value is -1.20. The molecule has 1 atom stereocenters. The Morgan fingerprint density at radius 3 is 2.53 bits per heavy atom. The molecule has 0 fully saturated rings. The molecule has 3 nitrogen and oxygen atoms in total. The maximum atomic E-state index is 13.5. The number of rotatable bonds is 3. The van der Waals surface area contributed by atoms with Crippen LogP contribution < -0.4 is 0 Å². The number of benzene rings is 1. The van der Waals surface area contributed by atoms with E-state index < -0.39 is 10.0 Å². The number of hydrogen-bond acceptors (Lipinski definition) is 2. The first-order valence-electron chi connectivity index (χ1n) is 6.36. The second-order valence-corrected chi connectivity index (χ2v) is 6.83. The summed E-state index contributed by atoms with van der Waals surface area (Å²) < 4.78 is 39.6. The Morgan fingerprint density at radius 2 is 1.95 bits per heavy atom. The Kier molecular flexibility index (Phi) is 4.06. The summed E-state index contributed by atoms with van der Waals surface area (Å²) in [6.45, 7) is 4.01. The van der Waals surface area contributed by atoms with E-state index in [2.05, 4.69) is 0 Å². The highest BCUT2D eigenvalue weighted by Crippen LogP contribution is 2.25. The molecule has 1 aliphatic heterocycles. The Balaban J connectivity index is 2.30. The fraction of sp³-hybridized carbons (Fsp3) is 0.429. The molecule has 104 valence electrons. The van der Waals surface area contributed by atoms with Gasteiger partial charge in [-0.3, -0.25) is 0 Å². The molecule has 0 amide bonds. The van der Waals surface area contributed by atoms with Crippen molar-refractivity contribution in [3.05, 3.63) is 41.7 Å². The minimum absolute atomic E-state index is 0.0472. The van der Waals surface area contributed by atoms with Crippen LogP contribution in [-0.2, 0) is 10.0 Å². The summed E-state index contributed by atoms with van der Waals surface area (Å²) in [6.07, 6.45) is 2.26. The summed E-state index contributed by atoms with van der Waals surface area (Å²) in [5.74, 6) is -0.414. The van der Waals surface area contributed by atoms with Gasteiger partial charge in [0.2, 0.25) is 10.0 Å². The monoisotopic (exact) mass is 283 g/mol. The molecule has 0 N–H and O–H groups in total. The van der Waals surface area contributed by atoms with Crippen LogP contribution in [0.4, 0.5) is 4.39 Å². The van der Waals surface area contributed by atoms with Crippen LogP contribution in [0.5, 0.6) is 0 Å². The summed E-state index contributed by atoms with van der Waals surface area (Å²) in [7, 11) is -3.60. The predicted molar refractivity (Wildman–Crippen MR) is 72.9 cm³/mol. The van der Waals surface area contributed by atoms with Crippen molar-refractivity contribution in [1.82, 2.24) is 4.31 Å².